The summed E-state index contributed by atoms with van der Waals surface area (Å²) in [5.41, 5.74) is 7.56. The van der Waals surface area contributed by atoms with Crippen molar-refractivity contribution in [3.05, 3.63) is 58.3 Å². The molecular formula is C15H14BrFN2O. The van der Waals surface area contributed by atoms with E-state index in [4.69, 9.17) is 5.73 Å². The fourth-order valence-corrected chi connectivity index (χ4v) is 2.15. The lowest BCUT2D eigenvalue weighted by Gasteiger charge is -2.08. The zero-order chi connectivity index (χ0) is 14.5. The first-order valence-electron chi connectivity index (χ1n) is 6.14. The molecule has 0 radical (unpaired) electrons. The molecule has 0 fully saturated rings. The van der Waals surface area contributed by atoms with Gasteiger partial charge in [-0.15, -0.1) is 0 Å². The predicted octanol–water partition coefficient (Wildman–Crippen LogP) is 3.74. The topological polar surface area (TPSA) is 55.1 Å². The maximum atomic E-state index is 13.6. The number of nitrogen functional groups attached to an aromatic ring is 1. The molecule has 0 unspecified atom stereocenters. The van der Waals surface area contributed by atoms with Crippen LogP contribution in [0.15, 0.2) is 46.9 Å². The summed E-state index contributed by atoms with van der Waals surface area (Å²) >= 11 is 3.17. The molecule has 0 aliphatic carbocycles. The molecule has 20 heavy (non-hydrogen) atoms. The lowest BCUT2D eigenvalue weighted by Crippen LogP contribution is -2.13. The van der Waals surface area contributed by atoms with E-state index in [0.717, 1.165) is 5.56 Å². The first-order valence-corrected chi connectivity index (χ1v) is 6.94. The van der Waals surface area contributed by atoms with E-state index in [1.54, 1.807) is 12.1 Å². The summed E-state index contributed by atoms with van der Waals surface area (Å²) in [5, 5.41) is 2.55. The standard InChI is InChI=1S/C15H14BrFN2O/c16-11-6-7-14(12(17)9-11)19-15(20)8-5-10-3-1-2-4-13(10)18/h1-4,6-7,9H,5,8,18H2,(H,19,20). The minimum absolute atomic E-state index is 0.180. The van der Waals surface area contributed by atoms with Crippen LogP contribution >= 0.6 is 15.9 Å². The van der Waals surface area contributed by atoms with Gasteiger partial charge < -0.3 is 11.1 Å². The van der Waals surface area contributed by atoms with Gasteiger partial charge in [0.25, 0.3) is 0 Å². The average molecular weight is 337 g/mol. The van der Waals surface area contributed by atoms with E-state index in [0.29, 0.717) is 16.6 Å². The SMILES string of the molecule is Nc1ccccc1CCC(=O)Nc1ccc(Br)cc1F. The van der Waals surface area contributed by atoms with Gasteiger partial charge in [-0.1, -0.05) is 34.1 Å². The van der Waals surface area contributed by atoms with E-state index in [9.17, 15) is 9.18 Å². The number of nitrogens with two attached hydrogens (primary N) is 1. The Labute approximate surface area is 125 Å². The highest BCUT2D eigenvalue weighted by atomic mass is 79.9. The maximum Gasteiger partial charge on any atom is 0.224 e. The van der Waals surface area contributed by atoms with E-state index < -0.39 is 5.82 Å². The van der Waals surface area contributed by atoms with Crippen molar-refractivity contribution in [1.29, 1.82) is 0 Å². The van der Waals surface area contributed by atoms with Gasteiger partial charge in [0, 0.05) is 16.6 Å². The summed E-state index contributed by atoms with van der Waals surface area (Å²) in [7, 11) is 0. The highest BCUT2D eigenvalue weighted by Gasteiger charge is 2.08. The number of hydrogen-bond donors (Lipinski definition) is 2. The van der Waals surface area contributed by atoms with Gasteiger partial charge in [0.1, 0.15) is 5.82 Å². The Hall–Kier alpha value is -1.88. The number of benzene rings is 2. The molecule has 2 aromatic carbocycles. The Bertz CT molecular complexity index is 631. The smallest absolute Gasteiger partial charge is 0.224 e. The number of aryl methyl sites for hydroxylation is 1. The summed E-state index contributed by atoms with van der Waals surface area (Å²) in [6, 6.07) is 11.9. The second-order valence-electron chi connectivity index (χ2n) is 4.37. The Morgan fingerprint density at radius 2 is 2.00 bits per heavy atom. The Kier molecular flexibility index (Phi) is 4.74. The molecule has 0 atom stereocenters. The third-order valence-corrected chi connectivity index (χ3v) is 3.37. The third kappa shape index (κ3) is 3.81. The van der Waals surface area contributed by atoms with Gasteiger partial charge in [0.2, 0.25) is 5.91 Å². The van der Waals surface area contributed by atoms with Crippen LogP contribution in [-0.4, -0.2) is 5.91 Å². The molecular weight excluding hydrogens is 323 g/mol. The number of hydrogen-bond acceptors (Lipinski definition) is 2. The minimum atomic E-state index is -0.466. The normalized spacial score (nSPS) is 10.3. The van der Waals surface area contributed by atoms with Crippen molar-refractivity contribution in [3.8, 4) is 0 Å². The van der Waals surface area contributed by atoms with Crippen molar-refractivity contribution in [2.45, 2.75) is 12.8 Å². The molecule has 3 N–H and O–H groups in total. The first kappa shape index (κ1) is 14.5. The number of carbonyl (C=O) groups is 1. The largest absolute Gasteiger partial charge is 0.399 e. The van der Waals surface area contributed by atoms with Gasteiger partial charge in [-0.25, -0.2) is 4.39 Å². The van der Waals surface area contributed by atoms with Gasteiger partial charge in [-0.2, -0.15) is 0 Å². The highest BCUT2D eigenvalue weighted by molar-refractivity contribution is 9.10. The lowest BCUT2D eigenvalue weighted by atomic mass is 10.1. The number of amides is 1. The van der Waals surface area contributed by atoms with Crippen LogP contribution in [0.3, 0.4) is 0 Å². The van der Waals surface area contributed by atoms with Crippen molar-refractivity contribution >= 4 is 33.2 Å². The predicted molar refractivity (Wildman–Crippen MR) is 81.9 cm³/mol. The fourth-order valence-electron chi connectivity index (χ4n) is 1.81. The summed E-state index contributed by atoms with van der Waals surface area (Å²) in [6.45, 7) is 0. The number of para-hydroxylation sites is 1. The second-order valence-corrected chi connectivity index (χ2v) is 5.29. The molecule has 0 aliphatic heterocycles. The van der Waals surface area contributed by atoms with E-state index >= 15 is 0 Å². The number of nitrogens with one attached hydrogen (secondary N) is 1. The molecule has 0 aromatic heterocycles. The van der Waals surface area contributed by atoms with Crippen molar-refractivity contribution in [2.24, 2.45) is 0 Å². The summed E-state index contributed by atoms with van der Waals surface area (Å²) < 4.78 is 14.2. The summed E-state index contributed by atoms with van der Waals surface area (Å²) in [4.78, 5) is 11.8. The van der Waals surface area contributed by atoms with Crippen LogP contribution in [0, 0.1) is 5.82 Å². The third-order valence-electron chi connectivity index (χ3n) is 2.88. The molecule has 2 rings (SSSR count). The molecule has 2 aromatic rings. The Morgan fingerprint density at radius 1 is 1.25 bits per heavy atom. The van der Waals surface area contributed by atoms with Gasteiger partial charge in [-0.3, -0.25) is 4.79 Å². The second kappa shape index (κ2) is 6.52. The van der Waals surface area contributed by atoms with Crippen molar-refractivity contribution in [2.75, 3.05) is 11.1 Å². The highest BCUT2D eigenvalue weighted by Crippen LogP contribution is 2.20. The van der Waals surface area contributed by atoms with Gasteiger partial charge in [0.15, 0.2) is 0 Å². The molecule has 5 heteroatoms. The average Bonchev–Trinajstić information content (AvgIpc) is 2.41. The monoisotopic (exact) mass is 336 g/mol. The van der Waals surface area contributed by atoms with Crippen LogP contribution in [0.1, 0.15) is 12.0 Å². The lowest BCUT2D eigenvalue weighted by molar-refractivity contribution is -0.116. The first-order chi connectivity index (χ1) is 9.56. The van der Waals surface area contributed by atoms with Gasteiger partial charge >= 0.3 is 0 Å². The van der Waals surface area contributed by atoms with Crippen molar-refractivity contribution in [1.82, 2.24) is 0 Å². The molecule has 3 nitrogen and oxygen atoms in total. The van der Waals surface area contributed by atoms with E-state index in [1.807, 2.05) is 18.2 Å². The van der Waals surface area contributed by atoms with Crippen molar-refractivity contribution < 1.29 is 9.18 Å². The Morgan fingerprint density at radius 3 is 2.70 bits per heavy atom. The number of halogens is 2. The van der Waals surface area contributed by atoms with E-state index in [1.165, 1.54) is 12.1 Å². The molecule has 0 bridgehead atoms. The fraction of sp³-hybridized carbons (Fsp3) is 0.133. The van der Waals surface area contributed by atoms with Crippen molar-refractivity contribution in [3.63, 3.8) is 0 Å². The molecule has 0 spiro atoms. The molecule has 1 amide bonds. The van der Waals surface area contributed by atoms with Crippen LogP contribution < -0.4 is 11.1 Å². The molecule has 0 aliphatic rings. The molecule has 104 valence electrons. The van der Waals surface area contributed by atoms with E-state index in [2.05, 4.69) is 21.2 Å². The number of rotatable bonds is 4. The molecule has 0 saturated heterocycles. The van der Waals surface area contributed by atoms with E-state index in [-0.39, 0.29) is 18.0 Å². The zero-order valence-electron chi connectivity index (χ0n) is 10.7. The number of anilines is 2. The van der Waals surface area contributed by atoms with Crippen LogP contribution in [0.4, 0.5) is 15.8 Å². The maximum absolute atomic E-state index is 13.6. The van der Waals surface area contributed by atoms with Crippen LogP contribution in [0.5, 0.6) is 0 Å². The minimum Gasteiger partial charge on any atom is -0.399 e. The Balaban J connectivity index is 1.94. The molecule has 0 saturated carbocycles. The summed E-state index contributed by atoms with van der Waals surface area (Å²) in [5.74, 6) is -0.707. The van der Waals surface area contributed by atoms with Crippen LogP contribution in [-0.2, 0) is 11.2 Å². The van der Waals surface area contributed by atoms with Crippen LogP contribution in [0.25, 0.3) is 0 Å². The van der Waals surface area contributed by atoms with Gasteiger partial charge in [0.05, 0.1) is 5.69 Å². The quantitative estimate of drug-likeness (QED) is 0.835. The zero-order valence-corrected chi connectivity index (χ0v) is 12.3. The number of carbonyl (C=O) groups excluding carboxylic acids is 1. The summed E-state index contributed by atoms with van der Waals surface area (Å²) in [6.07, 6.45) is 0.778. The molecule has 0 heterocycles. The van der Waals surface area contributed by atoms with Crippen LogP contribution in [0.2, 0.25) is 0 Å². The van der Waals surface area contributed by atoms with Gasteiger partial charge in [-0.05, 0) is 36.2 Å².